The molecule has 4 rings (SSSR count). The van der Waals surface area contributed by atoms with Crippen molar-refractivity contribution in [2.24, 2.45) is 0 Å². The summed E-state index contributed by atoms with van der Waals surface area (Å²) in [5.41, 5.74) is 2.09. The third kappa shape index (κ3) is 3.90. The van der Waals surface area contributed by atoms with E-state index in [0.717, 1.165) is 18.8 Å². The second-order valence-corrected chi connectivity index (χ2v) is 6.96. The van der Waals surface area contributed by atoms with Crippen molar-refractivity contribution < 1.29 is 19.1 Å². The summed E-state index contributed by atoms with van der Waals surface area (Å²) in [6.07, 6.45) is 0. The van der Waals surface area contributed by atoms with E-state index < -0.39 is 0 Å². The first kappa shape index (κ1) is 18.6. The highest BCUT2D eigenvalue weighted by Crippen LogP contribution is 2.32. The molecular weight excluding hydrogens is 382 g/mol. The molecule has 28 heavy (non-hydrogen) atoms. The highest BCUT2D eigenvalue weighted by Gasteiger charge is 2.27. The molecule has 2 aromatic rings. The Kier molecular flexibility index (Phi) is 5.36. The van der Waals surface area contributed by atoms with Gasteiger partial charge in [-0.1, -0.05) is 23.7 Å². The third-order valence-electron chi connectivity index (χ3n) is 4.69. The lowest BCUT2D eigenvalue weighted by Crippen LogP contribution is -2.43. The summed E-state index contributed by atoms with van der Waals surface area (Å²) in [6, 6.07) is 12.6. The molecule has 0 aliphatic carbocycles. The van der Waals surface area contributed by atoms with Crippen LogP contribution in [0.4, 0.5) is 17.1 Å². The number of morpholine rings is 1. The van der Waals surface area contributed by atoms with E-state index in [1.54, 1.807) is 24.3 Å². The molecular formula is C20H20ClN3O4. The predicted octanol–water partition coefficient (Wildman–Crippen LogP) is 2.54. The summed E-state index contributed by atoms with van der Waals surface area (Å²) >= 11 is 6.41. The van der Waals surface area contributed by atoms with Crippen LogP contribution in [0.2, 0.25) is 5.02 Å². The molecule has 7 nitrogen and oxygen atoms in total. The lowest BCUT2D eigenvalue weighted by Gasteiger charge is -2.30. The molecule has 0 atom stereocenters. The van der Waals surface area contributed by atoms with Gasteiger partial charge >= 0.3 is 0 Å². The van der Waals surface area contributed by atoms with E-state index in [1.807, 2.05) is 18.2 Å². The molecule has 1 N–H and O–H groups in total. The van der Waals surface area contributed by atoms with Gasteiger partial charge in [-0.05, 0) is 30.3 Å². The topological polar surface area (TPSA) is 71.1 Å². The summed E-state index contributed by atoms with van der Waals surface area (Å²) in [5, 5.41) is 3.37. The van der Waals surface area contributed by atoms with Crippen molar-refractivity contribution >= 4 is 40.5 Å². The van der Waals surface area contributed by atoms with E-state index in [4.69, 9.17) is 21.1 Å². The summed E-state index contributed by atoms with van der Waals surface area (Å²) < 4.78 is 10.8. The summed E-state index contributed by atoms with van der Waals surface area (Å²) in [7, 11) is 0. The number of rotatable bonds is 4. The number of benzene rings is 2. The van der Waals surface area contributed by atoms with Gasteiger partial charge in [0.05, 0.1) is 29.6 Å². The van der Waals surface area contributed by atoms with Gasteiger partial charge in [0.25, 0.3) is 5.91 Å². The SMILES string of the molecule is O=C(CN1C(=O)COc2ccccc21)Nc1ccc(N2CCOCC2)c(Cl)c1. The largest absolute Gasteiger partial charge is 0.482 e. The lowest BCUT2D eigenvalue weighted by molar-refractivity contribution is -0.123. The third-order valence-corrected chi connectivity index (χ3v) is 5.00. The molecule has 1 saturated heterocycles. The number of anilines is 3. The summed E-state index contributed by atoms with van der Waals surface area (Å²) in [4.78, 5) is 28.3. The fourth-order valence-corrected chi connectivity index (χ4v) is 3.62. The van der Waals surface area contributed by atoms with E-state index in [2.05, 4.69) is 10.2 Å². The van der Waals surface area contributed by atoms with Crippen molar-refractivity contribution in [1.82, 2.24) is 0 Å². The molecule has 0 radical (unpaired) electrons. The van der Waals surface area contributed by atoms with Crippen LogP contribution in [0.5, 0.6) is 5.75 Å². The highest BCUT2D eigenvalue weighted by atomic mass is 35.5. The quantitative estimate of drug-likeness (QED) is 0.852. The molecule has 0 bridgehead atoms. The molecule has 146 valence electrons. The Labute approximate surface area is 167 Å². The van der Waals surface area contributed by atoms with Crippen LogP contribution >= 0.6 is 11.6 Å². The highest BCUT2D eigenvalue weighted by molar-refractivity contribution is 6.33. The molecule has 8 heteroatoms. The van der Waals surface area contributed by atoms with Crippen LogP contribution in [0.1, 0.15) is 0 Å². The van der Waals surface area contributed by atoms with Crippen LogP contribution in [-0.2, 0) is 14.3 Å². The van der Waals surface area contributed by atoms with Gasteiger partial charge in [0.15, 0.2) is 6.61 Å². The van der Waals surface area contributed by atoms with Crippen molar-refractivity contribution in [2.45, 2.75) is 0 Å². The monoisotopic (exact) mass is 401 g/mol. The van der Waals surface area contributed by atoms with Gasteiger partial charge in [-0.25, -0.2) is 0 Å². The van der Waals surface area contributed by atoms with Crippen molar-refractivity contribution in [1.29, 1.82) is 0 Å². The zero-order valence-corrected chi connectivity index (χ0v) is 15.9. The maximum atomic E-state index is 12.5. The van der Waals surface area contributed by atoms with Crippen LogP contribution in [0.3, 0.4) is 0 Å². The maximum absolute atomic E-state index is 12.5. The van der Waals surface area contributed by atoms with Crippen molar-refractivity contribution in [2.75, 3.05) is 54.6 Å². The Hall–Kier alpha value is -2.77. The van der Waals surface area contributed by atoms with Gasteiger partial charge in [0, 0.05) is 18.8 Å². The Morgan fingerprint density at radius 1 is 1.11 bits per heavy atom. The van der Waals surface area contributed by atoms with Crippen molar-refractivity contribution in [3.8, 4) is 5.75 Å². The molecule has 0 aromatic heterocycles. The first-order valence-corrected chi connectivity index (χ1v) is 9.44. The van der Waals surface area contributed by atoms with Crippen molar-refractivity contribution in [3.05, 3.63) is 47.5 Å². The minimum Gasteiger partial charge on any atom is -0.482 e. The maximum Gasteiger partial charge on any atom is 0.265 e. The number of halogens is 1. The lowest BCUT2D eigenvalue weighted by atomic mass is 10.2. The van der Waals surface area contributed by atoms with Gasteiger partial charge in [-0.3, -0.25) is 14.5 Å². The molecule has 2 aliphatic heterocycles. The average Bonchev–Trinajstić information content (AvgIpc) is 2.71. The normalized spacial score (nSPS) is 16.4. The fraction of sp³-hybridized carbons (Fsp3) is 0.300. The Morgan fingerprint density at radius 3 is 2.68 bits per heavy atom. The number of ether oxygens (including phenoxy) is 2. The molecule has 0 saturated carbocycles. The van der Waals surface area contributed by atoms with Crippen molar-refractivity contribution in [3.63, 3.8) is 0 Å². The second-order valence-electron chi connectivity index (χ2n) is 6.55. The number of carbonyl (C=O) groups is 2. The van der Waals surface area contributed by atoms with Crippen LogP contribution in [0.15, 0.2) is 42.5 Å². The fourth-order valence-electron chi connectivity index (χ4n) is 3.32. The first-order valence-electron chi connectivity index (χ1n) is 9.06. The minimum absolute atomic E-state index is 0.0790. The number of nitrogens with zero attached hydrogens (tertiary/aromatic N) is 2. The Balaban J connectivity index is 1.44. The number of nitrogens with one attached hydrogen (secondary N) is 1. The van der Waals surface area contributed by atoms with Crippen LogP contribution in [0.25, 0.3) is 0 Å². The van der Waals surface area contributed by atoms with Crippen LogP contribution < -0.4 is 19.9 Å². The molecule has 2 amide bonds. The Morgan fingerprint density at radius 2 is 1.89 bits per heavy atom. The van der Waals surface area contributed by atoms with E-state index in [1.165, 1.54) is 4.90 Å². The van der Waals surface area contributed by atoms with Gasteiger partial charge in [0.2, 0.25) is 5.91 Å². The number of carbonyl (C=O) groups excluding carboxylic acids is 2. The first-order chi connectivity index (χ1) is 13.6. The number of hydrogen-bond donors (Lipinski definition) is 1. The molecule has 1 fully saturated rings. The van der Waals surface area contributed by atoms with E-state index in [9.17, 15) is 9.59 Å². The predicted molar refractivity (Wildman–Crippen MR) is 107 cm³/mol. The molecule has 2 heterocycles. The number of hydrogen-bond acceptors (Lipinski definition) is 5. The summed E-state index contributed by atoms with van der Waals surface area (Å²) in [6.45, 7) is 2.73. The van der Waals surface area contributed by atoms with Gasteiger partial charge in [-0.2, -0.15) is 0 Å². The van der Waals surface area contributed by atoms with Gasteiger partial charge in [-0.15, -0.1) is 0 Å². The molecule has 0 unspecified atom stereocenters. The smallest absolute Gasteiger partial charge is 0.265 e. The number of fused-ring (bicyclic) bond motifs is 1. The Bertz CT molecular complexity index is 899. The van der Waals surface area contributed by atoms with Gasteiger partial charge in [0.1, 0.15) is 12.3 Å². The van der Waals surface area contributed by atoms with E-state index >= 15 is 0 Å². The average molecular weight is 402 g/mol. The minimum atomic E-state index is -0.305. The molecule has 2 aromatic carbocycles. The van der Waals surface area contributed by atoms with E-state index in [0.29, 0.717) is 35.4 Å². The second kappa shape index (κ2) is 8.08. The standard InChI is InChI=1S/C20H20ClN3O4/c21-15-11-14(5-6-16(15)23-7-9-27-10-8-23)22-19(25)12-24-17-3-1-2-4-18(17)28-13-20(24)26/h1-6,11H,7-10,12-13H2,(H,22,25). The summed E-state index contributed by atoms with van der Waals surface area (Å²) in [5.74, 6) is 0.0302. The molecule has 0 spiro atoms. The van der Waals surface area contributed by atoms with E-state index in [-0.39, 0.29) is 25.0 Å². The zero-order chi connectivity index (χ0) is 19.5. The molecule has 2 aliphatic rings. The zero-order valence-electron chi connectivity index (χ0n) is 15.2. The van der Waals surface area contributed by atoms with Crippen LogP contribution in [0, 0.1) is 0 Å². The number of para-hydroxylation sites is 2. The van der Waals surface area contributed by atoms with Crippen LogP contribution in [-0.4, -0.2) is 51.3 Å². The van der Waals surface area contributed by atoms with Gasteiger partial charge < -0.3 is 19.7 Å². The number of amides is 2.